The van der Waals surface area contributed by atoms with Crippen molar-refractivity contribution in [3.05, 3.63) is 83.4 Å². The summed E-state index contributed by atoms with van der Waals surface area (Å²) in [6.07, 6.45) is 8.95. The number of unbranched alkanes of at least 4 members (excludes halogenated alkanes) is 3. The number of carbonyl (C=O) groups is 2. The van der Waals surface area contributed by atoms with Crippen LogP contribution in [-0.2, 0) is 0 Å². The van der Waals surface area contributed by atoms with Crippen LogP contribution in [-0.4, -0.2) is 25.2 Å². The van der Waals surface area contributed by atoms with E-state index in [0.717, 1.165) is 31.4 Å². The van der Waals surface area contributed by atoms with Crippen molar-refractivity contribution < 1.29 is 28.5 Å². The van der Waals surface area contributed by atoms with Crippen LogP contribution in [0.15, 0.2) is 66.7 Å². The Morgan fingerprint density at radius 3 is 1.93 bits per heavy atom. The quantitative estimate of drug-likeness (QED) is 0.0817. The molecule has 0 aliphatic rings. The van der Waals surface area contributed by atoms with Crippen molar-refractivity contribution in [1.82, 2.24) is 0 Å². The van der Waals surface area contributed by atoms with Gasteiger partial charge in [-0.05, 0) is 91.4 Å². The molecule has 44 heavy (non-hydrogen) atoms. The van der Waals surface area contributed by atoms with Gasteiger partial charge in [0.1, 0.15) is 29.1 Å². The van der Waals surface area contributed by atoms with Gasteiger partial charge in [0, 0.05) is 0 Å². The summed E-state index contributed by atoms with van der Waals surface area (Å²) < 4.78 is 22.6. The Labute approximate surface area is 262 Å². The standard InChI is InChI=1S/C37H45NO6/c1-5-6-7-8-23-41-32-18-20-34(21-19-32)43-36(39)29-14-16-33(17-15-29)44-37(40)30-12-13-31(26-38)35(25-30)42-24-22-28(4)11-9-10-27(2)3/h12-21,25,27-28H,5-11,22-24H2,1-4H3/t28-/m0/s1. The van der Waals surface area contributed by atoms with E-state index in [-0.39, 0.29) is 11.3 Å². The van der Waals surface area contributed by atoms with Gasteiger partial charge >= 0.3 is 11.9 Å². The third kappa shape index (κ3) is 11.8. The average Bonchev–Trinajstić information content (AvgIpc) is 3.01. The fraction of sp³-hybridized carbons (Fsp3) is 0.432. The second-order valence-corrected chi connectivity index (χ2v) is 11.6. The lowest BCUT2D eigenvalue weighted by molar-refractivity contribution is 0.0730. The number of rotatable bonds is 18. The van der Waals surface area contributed by atoms with Gasteiger partial charge in [-0.1, -0.05) is 66.2 Å². The molecule has 3 rings (SSSR count). The molecule has 0 unspecified atom stereocenters. The molecular formula is C37H45NO6. The summed E-state index contributed by atoms with van der Waals surface area (Å²) in [5.74, 6) is 1.86. The normalized spacial score (nSPS) is 11.5. The highest BCUT2D eigenvalue weighted by molar-refractivity contribution is 5.93. The first-order valence-electron chi connectivity index (χ1n) is 15.7. The van der Waals surface area contributed by atoms with Crippen LogP contribution in [0.4, 0.5) is 0 Å². The first kappa shape index (κ1) is 34.2. The minimum atomic E-state index is -0.593. The molecule has 234 valence electrons. The topological polar surface area (TPSA) is 94.9 Å². The van der Waals surface area contributed by atoms with Crippen LogP contribution in [0, 0.1) is 23.2 Å². The predicted molar refractivity (Wildman–Crippen MR) is 172 cm³/mol. The Morgan fingerprint density at radius 1 is 0.682 bits per heavy atom. The number of nitrogens with zero attached hydrogens (tertiary/aromatic N) is 1. The summed E-state index contributed by atoms with van der Waals surface area (Å²) in [7, 11) is 0. The van der Waals surface area contributed by atoms with E-state index in [9.17, 15) is 14.9 Å². The maximum absolute atomic E-state index is 12.9. The van der Waals surface area contributed by atoms with Crippen molar-refractivity contribution in [3.63, 3.8) is 0 Å². The molecule has 0 fully saturated rings. The Hall–Kier alpha value is -4.31. The SMILES string of the molecule is CCCCCCOc1ccc(OC(=O)c2ccc(OC(=O)c3ccc(C#N)c(OCC[C@@H](C)CCCC(C)C)c3)cc2)cc1. The van der Waals surface area contributed by atoms with Gasteiger partial charge in [0.2, 0.25) is 0 Å². The zero-order valence-corrected chi connectivity index (χ0v) is 26.5. The van der Waals surface area contributed by atoms with E-state index in [1.165, 1.54) is 56.0 Å². The Bertz CT molecular complexity index is 1360. The molecule has 3 aromatic rings. The molecule has 0 saturated heterocycles. The van der Waals surface area contributed by atoms with Gasteiger partial charge in [-0.25, -0.2) is 9.59 Å². The Balaban J connectivity index is 1.50. The molecule has 0 aliphatic carbocycles. The summed E-state index contributed by atoms with van der Waals surface area (Å²) in [5.41, 5.74) is 0.941. The van der Waals surface area contributed by atoms with E-state index >= 15 is 0 Å². The smallest absolute Gasteiger partial charge is 0.343 e. The zero-order valence-electron chi connectivity index (χ0n) is 26.5. The first-order chi connectivity index (χ1) is 21.3. The third-order valence-electron chi connectivity index (χ3n) is 7.29. The number of hydrogen-bond donors (Lipinski definition) is 0. The molecule has 7 heteroatoms. The van der Waals surface area contributed by atoms with E-state index in [4.69, 9.17) is 18.9 Å². The van der Waals surface area contributed by atoms with Crippen molar-refractivity contribution >= 4 is 11.9 Å². The maximum Gasteiger partial charge on any atom is 0.343 e. The molecule has 0 N–H and O–H groups in total. The average molecular weight is 600 g/mol. The van der Waals surface area contributed by atoms with Crippen molar-refractivity contribution in [3.8, 4) is 29.1 Å². The van der Waals surface area contributed by atoms with Crippen LogP contribution in [0.1, 0.15) is 105 Å². The minimum Gasteiger partial charge on any atom is -0.494 e. The van der Waals surface area contributed by atoms with Crippen LogP contribution >= 0.6 is 0 Å². The lowest BCUT2D eigenvalue weighted by Gasteiger charge is -2.14. The number of nitriles is 1. The van der Waals surface area contributed by atoms with Gasteiger partial charge in [-0.2, -0.15) is 5.26 Å². The molecule has 1 atom stereocenters. The van der Waals surface area contributed by atoms with E-state index in [1.54, 1.807) is 36.4 Å². The molecule has 0 saturated carbocycles. The van der Waals surface area contributed by atoms with Gasteiger partial charge in [0.05, 0.1) is 29.9 Å². The number of esters is 2. The van der Waals surface area contributed by atoms with E-state index in [1.807, 2.05) is 0 Å². The second kappa shape index (κ2) is 18.4. The van der Waals surface area contributed by atoms with Crippen molar-refractivity contribution in [2.45, 2.75) is 79.1 Å². The van der Waals surface area contributed by atoms with E-state index < -0.39 is 11.9 Å². The Kier molecular flexibility index (Phi) is 14.3. The lowest BCUT2D eigenvalue weighted by Crippen LogP contribution is -2.11. The molecule has 0 radical (unpaired) electrons. The number of carbonyl (C=O) groups excluding carboxylic acids is 2. The molecule has 0 aliphatic heterocycles. The van der Waals surface area contributed by atoms with Gasteiger partial charge in [-0.3, -0.25) is 0 Å². The van der Waals surface area contributed by atoms with Crippen LogP contribution < -0.4 is 18.9 Å². The summed E-state index contributed by atoms with van der Waals surface area (Å²) in [4.78, 5) is 25.5. The minimum absolute atomic E-state index is 0.265. The highest BCUT2D eigenvalue weighted by Gasteiger charge is 2.15. The molecule has 0 heterocycles. The first-order valence-corrected chi connectivity index (χ1v) is 15.7. The summed E-state index contributed by atoms with van der Waals surface area (Å²) >= 11 is 0. The zero-order chi connectivity index (χ0) is 31.7. The number of hydrogen-bond acceptors (Lipinski definition) is 7. The van der Waals surface area contributed by atoms with Gasteiger partial charge < -0.3 is 18.9 Å². The Morgan fingerprint density at radius 2 is 1.30 bits per heavy atom. The maximum atomic E-state index is 12.9. The van der Waals surface area contributed by atoms with Crippen LogP contribution in [0.25, 0.3) is 0 Å². The highest BCUT2D eigenvalue weighted by atomic mass is 16.5. The summed E-state index contributed by atoms with van der Waals surface area (Å²) in [5, 5.41) is 9.50. The molecule has 7 nitrogen and oxygen atoms in total. The number of ether oxygens (including phenoxy) is 4. The van der Waals surface area contributed by atoms with Crippen molar-refractivity contribution in [2.24, 2.45) is 11.8 Å². The number of benzene rings is 3. The van der Waals surface area contributed by atoms with E-state index in [2.05, 4.69) is 33.8 Å². The molecule has 3 aromatic carbocycles. The molecular weight excluding hydrogens is 554 g/mol. The largest absolute Gasteiger partial charge is 0.494 e. The molecule has 0 amide bonds. The van der Waals surface area contributed by atoms with E-state index in [0.29, 0.717) is 47.7 Å². The fourth-order valence-electron chi connectivity index (χ4n) is 4.56. The van der Waals surface area contributed by atoms with Crippen LogP contribution in [0.5, 0.6) is 23.0 Å². The molecule has 0 aromatic heterocycles. The third-order valence-corrected chi connectivity index (χ3v) is 7.29. The second-order valence-electron chi connectivity index (χ2n) is 11.6. The fourth-order valence-corrected chi connectivity index (χ4v) is 4.56. The summed E-state index contributed by atoms with van der Waals surface area (Å²) in [6, 6.07) is 19.8. The van der Waals surface area contributed by atoms with Crippen LogP contribution in [0.3, 0.4) is 0 Å². The van der Waals surface area contributed by atoms with Crippen molar-refractivity contribution in [2.75, 3.05) is 13.2 Å². The van der Waals surface area contributed by atoms with Gasteiger partial charge in [0.15, 0.2) is 0 Å². The van der Waals surface area contributed by atoms with Gasteiger partial charge in [0.25, 0.3) is 0 Å². The monoisotopic (exact) mass is 599 g/mol. The molecule has 0 spiro atoms. The summed E-state index contributed by atoms with van der Waals surface area (Å²) in [6.45, 7) is 9.96. The predicted octanol–water partition coefficient (Wildman–Crippen LogP) is 9.19. The van der Waals surface area contributed by atoms with Crippen LogP contribution in [0.2, 0.25) is 0 Å². The van der Waals surface area contributed by atoms with Crippen molar-refractivity contribution in [1.29, 1.82) is 5.26 Å². The molecule has 0 bridgehead atoms. The lowest BCUT2D eigenvalue weighted by atomic mass is 9.98. The highest BCUT2D eigenvalue weighted by Crippen LogP contribution is 2.24. The van der Waals surface area contributed by atoms with Gasteiger partial charge in [-0.15, -0.1) is 0 Å².